The normalized spacial score (nSPS) is 10.9. The van der Waals surface area contributed by atoms with E-state index in [0.29, 0.717) is 35.4 Å². The lowest BCUT2D eigenvalue weighted by Gasteiger charge is -2.10. The van der Waals surface area contributed by atoms with Gasteiger partial charge in [0.2, 0.25) is 0 Å². The van der Waals surface area contributed by atoms with Crippen molar-refractivity contribution in [3.05, 3.63) is 82.8 Å². The third kappa shape index (κ3) is 6.40. The predicted molar refractivity (Wildman–Crippen MR) is 119 cm³/mol. The highest BCUT2D eigenvalue weighted by molar-refractivity contribution is 6.32. The zero-order valence-electron chi connectivity index (χ0n) is 16.5. The van der Waals surface area contributed by atoms with Crippen LogP contribution in [0.2, 0.25) is 5.02 Å². The molecule has 0 aliphatic carbocycles. The van der Waals surface area contributed by atoms with Gasteiger partial charge in [0.25, 0.3) is 5.91 Å². The number of halogens is 1. The van der Waals surface area contributed by atoms with Crippen LogP contribution in [-0.2, 0) is 4.74 Å². The van der Waals surface area contributed by atoms with Gasteiger partial charge in [0.15, 0.2) is 5.82 Å². The minimum atomic E-state index is -0.301. The van der Waals surface area contributed by atoms with Crippen molar-refractivity contribution in [1.82, 2.24) is 9.97 Å². The number of nitrogens with zero attached hydrogens (tertiary/aromatic N) is 2. The first-order valence-electron chi connectivity index (χ1n) is 9.42. The predicted octanol–water partition coefficient (Wildman–Crippen LogP) is 4.97. The van der Waals surface area contributed by atoms with Gasteiger partial charge in [-0.25, -0.2) is 4.98 Å². The molecule has 2 aromatic carbocycles. The van der Waals surface area contributed by atoms with Crippen LogP contribution in [0, 0.1) is 0 Å². The summed E-state index contributed by atoms with van der Waals surface area (Å²) in [4.78, 5) is 20.8. The van der Waals surface area contributed by atoms with Gasteiger partial charge in [-0.15, -0.1) is 0 Å². The summed E-state index contributed by atoms with van der Waals surface area (Å²) in [5.41, 5.74) is 2.14. The van der Waals surface area contributed by atoms with E-state index >= 15 is 0 Å². The van der Waals surface area contributed by atoms with Gasteiger partial charge in [-0.2, -0.15) is 0 Å². The lowest BCUT2D eigenvalue weighted by atomic mass is 10.1. The van der Waals surface area contributed by atoms with Crippen molar-refractivity contribution in [2.24, 2.45) is 0 Å². The molecule has 0 radical (unpaired) electrons. The Bertz CT molecular complexity index is 1010. The number of ether oxygens (including phenoxy) is 2. The Morgan fingerprint density at radius 1 is 1.13 bits per heavy atom. The molecule has 3 aromatic rings. The summed E-state index contributed by atoms with van der Waals surface area (Å²) in [6.07, 6.45) is 9.09. The SMILES string of the molecule is COCCCOc1cc(/C=C/c2ccccc2Cl)cc(C(=O)Nc2cnccn2)c1. The van der Waals surface area contributed by atoms with Crippen molar-refractivity contribution >= 4 is 35.5 Å². The number of methoxy groups -OCH3 is 1. The molecule has 0 fully saturated rings. The Morgan fingerprint density at radius 3 is 2.77 bits per heavy atom. The summed E-state index contributed by atoms with van der Waals surface area (Å²) in [5.74, 6) is 0.670. The second kappa shape index (κ2) is 11.1. The number of hydrogen-bond acceptors (Lipinski definition) is 5. The summed E-state index contributed by atoms with van der Waals surface area (Å²) in [5, 5.41) is 3.39. The number of carbonyl (C=O) groups is 1. The minimum Gasteiger partial charge on any atom is -0.493 e. The lowest BCUT2D eigenvalue weighted by Crippen LogP contribution is -2.13. The van der Waals surface area contributed by atoms with E-state index in [1.807, 2.05) is 42.5 Å². The van der Waals surface area contributed by atoms with E-state index in [4.69, 9.17) is 21.1 Å². The highest BCUT2D eigenvalue weighted by atomic mass is 35.5. The molecule has 1 aromatic heterocycles. The molecule has 30 heavy (non-hydrogen) atoms. The van der Waals surface area contributed by atoms with Gasteiger partial charge < -0.3 is 14.8 Å². The first-order valence-corrected chi connectivity index (χ1v) is 9.80. The molecule has 1 heterocycles. The Hall–Kier alpha value is -3.22. The van der Waals surface area contributed by atoms with Crippen molar-refractivity contribution in [3.63, 3.8) is 0 Å². The van der Waals surface area contributed by atoms with E-state index < -0.39 is 0 Å². The van der Waals surface area contributed by atoms with E-state index in [1.165, 1.54) is 12.4 Å². The van der Waals surface area contributed by atoms with Crippen LogP contribution >= 0.6 is 11.6 Å². The molecule has 3 rings (SSSR count). The fourth-order valence-electron chi connectivity index (χ4n) is 2.67. The van der Waals surface area contributed by atoms with Crippen LogP contribution in [0.1, 0.15) is 27.9 Å². The fraction of sp³-hybridized carbons (Fsp3) is 0.174. The van der Waals surface area contributed by atoms with Crippen LogP contribution in [0.15, 0.2) is 61.1 Å². The summed E-state index contributed by atoms with van der Waals surface area (Å²) >= 11 is 6.23. The van der Waals surface area contributed by atoms with E-state index in [9.17, 15) is 4.79 Å². The van der Waals surface area contributed by atoms with Gasteiger partial charge in [0.05, 0.1) is 12.8 Å². The topological polar surface area (TPSA) is 73.3 Å². The highest BCUT2D eigenvalue weighted by Crippen LogP contribution is 2.22. The summed E-state index contributed by atoms with van der Waals surface area (Å²) in [6, 6.07) is 12.9. The van der Waals surface area contributed by atoms with Crippen molar-refractivity contribution in [3.8, 4) is 5.75 Å². The van der Waals surface area contributed by atoms with Crippen LogP contribution in [0.25, 0.3) is 12.2 Å². The molecule has 0 unspecified atom stereocenters. The standard InChI is InChI=1S/C23H22ClN3O3/c1-29-11-4-12-30-20-14-17(7-8-18-5-2-3-6-21(18)24)13-19(15-20)23(28)27-22-16-25-9-10-26-22/h2-3,5-10,13-16H,4,11-12H2,1H3,(H,26,27,28)/b8-7+. The van der Waals surface area contributed by atoms with Gasteiger partial charge >= 0.3 is 0 Å². The molecule has 1 amide bonds. The molecule has 0 aliphatic heterocycles. The number of hydrogen-bond donors (Lipinski definition) is 1. The van der Waals surface area contributed by atoms with Crippen LogP contribution < -0.4 is 10.1 Å². The molecular weight excluding hydrogens is 402 g/mol. The zero-order chi connectivity index (χ0) is 21.2. The van der Waals surface area contributed by atoms with Crippen molar-refractivity contribution < 1.29 is 14.3 Å². The second-order valence-corrected chi connectivity index (χ2v) is 6.79. The van der Waals surface area contributed by atoms with E-state index in [1.54, 1.807) is 25.4 Å². The van der Waals surface area contributed by atoms with Crippen LogP contribution in [-0.4, -0.2) is 36.2 Å². The molecular formula is C23H22ClN3O3. The highest BCUT2D eigenvalue weighted by Gasteiger charge is 2.10. The van der Waals surface area contributed by atoms with Gasteiger partial charge in [0.1, 0.15) is 5.75 Å². The molecule has 154 valence electrons. The minimum absolute atomic E-state index is 0.301. The Morgan fingerprint density at radius 2 is 2.00 bits per heavy atom. The number of aromatic nitrogens is 2. The van der Waals surface area contributed by atoms with Crippen molar-refractivity contribution in [2.75, 3.05) is 25.6 Å². The Balaban J connectivity index is 1.84. The summed E-state index contributed by atoms with van der Waals surface area (Å²) in [7, 11) is 1.65. The van der Waals surface area contributed by atoms with Crippen molar-refractivity contribution in [2.45, 2.75) is 6.42 Å². The molecule has 0 spiro atoms. The maximum atomic E-state index is 12.7. The number of amides is 1. The lowest BCUT2D eigenvalue weighted by molar-refractivity contribution is 0.102. The Kier molecular flexibility index (Phi) is 7.94. The zero-order valence-corrected chi connectivity index (χ0v) is 17.3. The maximum Gasteiger partial charge on any atom is 0.257 e. The van der Waals surface area contributed by atoms with Crippen molar-refractivity contribution in [1.29, 1.82) is 0 Å². The number of rotatable bonds is 9. The molecule has 0 aliphatic rings. The quantitative estimate of drug-likeness (QED) is 0.388. The molecule has 0 saturated carbocycles. The summed E-state index contributed by atoms with van der Waals surface area (Å²) in [6.45, 7) is 1.09. The molecule has 0 saturated heterocycles. The maximum absolute atomic E-state index is 12.7. The van der Waals surface area contributed by atoms with Crippen LogP contribution in [0.3, 0.4) is 0 Å². The molecule has 7 heteroatoms. The molecule has 1 N–H and O–H groups in total. The van der Waals surface area contributed by atoms with Crippen LogP contribution in [0.4, 0.5) is 5.82 Å². The molecule has 6 nitrogen and oxygen atoms in total. The summed E-state index contributed by atoms with van der Waals surface area (Å²) < 4.78 is 10.9. The van der Waals surface area contributed by atoms with Gasteiger partial charge in [-0.3, -0.25) is 9.78 Å². The van der Waals surface area contributed by atoms with Gasteiger partial charge in [0, 0.05) is 43.1 Å². The van der Waals surface area contributed by atoms with E-state index in [-0.39, 0.29) is 5.91 Å². The first kappa shape index (κ1) is 21.5. The number of benzene rings is 2. The average molecular weight is 424 g/mol. The average Bonchev–Trinajstić information content (AvgIpc) is 2.77. The van der Waals surface area contributed by atoms with Crippen LogP contribution in [0.5, 0.6) is 5.75 Å². The third-order valence-electron chi connectivity index (χ3n) is 4.12. The largest absolute Gasteiger partial charge is 0.493 e. The second-order valence-electron chi connectivity index (χ2n) is 6.39. The van der Waals surface area contributed by atoms with Gasteiger partial charge in [-0.1, -0.05) is 42.0 Å². The number of carbonyl (C=O) groups excluding carboxylic acids is 1. The number of nitrogens with one attached hydrogen (secondary N) is 1. The first-order chi connectivity index (χ1) is 14.7. The Labute approximate surface area is 180 Å². The van der Waals surface area contributed by atoms with Gasteiger partial charge in [-0.05, 0) is 35.4 Å². The smallest absolute Gasteiger partial charge is 0.257 e. The fourth-order valence-corrected chi connectivity index (χ4v) is 2.87. The van der Waals surface area contributed by atoms with E-state index in [2.05, 4.69) is 15.3 Å². The monoisotopic (exact) mass is 423 g/mol. The van der Waals surface area contributed by atoms with E-state index in [0.717, 1.165) is 17.5 Å². The molecule has 0 atom stereocenters. The third-order valence-corrected chi connectivity index (χ3v) is 4.46. The number of anilines is 1. The molecule has 0 bridgehead atoms.